The van der Waals surface area contributed by atoms with E-state index in [-0.39, 0.29) is 0 Å². The van der Waals surface area contributed by atoms with Crippen molar-refractivity contribution >= 4 is 5.97 Å². The van der Waals surface area contributed by atoms with Crippen LogP contribution < -0.4 is 5.32 Å². The molecule has 1 aliphatic carbocycles. The van der Waals surface area contributed by atoms with Crippen LogP contribution in [0.3, 0.4) is 0 Å². The molecule has 0 aromatic heterocycles. The van der Waals surface area contributed by atoms with Crippen LogP contribution in [0.4, 0.5) is 0 Å². The van der Waals surface area contributed by atoms with E-state index < -0.39 is 12.0 Å². The number of carboxylic acids is 1. The molecular formula is C19H21NO2. The topological polar surface area (TPSA) is 49.3 Å². The quantitative estimate of drug-likeness (QED) is 0.860. The fourth-order valence-electron chi connectivity index (χ4n) is 3.10. The maximum absolute atomic E-state index is 11.5. The van der Waals surface area contributed by atoms with E-state index in [1.165, 1.54) is 5.56 Å². The van der Waals surface area contributed by atoms with Crippen LogP contribution in [-0.2, 0) is 11.2 Å². The summed E-state index contributed by atoms with van der Waals surface area (Å²) >= 11 is 0. The highest BCUT2D eigenvalue weighted by atomic mass is 16.4. The van der Waals surface area contributed by atoms with Crippen LogP contribution in [0.1, 0.15) is 29.9 Å². The molecule has 0 aliphatic heterocycles. The summed E-state index contributed by atoms with van der Waals surface area (Å²) in [6.07, 6.45) is 2.56. The van der Waals surface area contributed by atoms with Crippen LogP contribution >= 0.6 is 0 Å². The van der Waals surface area contributed by atoms with Gasteiger partial charge in [-0.2, -0.15) is 0 Å². The number of hydrogen-bond acceptors (Lipinski definition) is 2. The first-order valence-electron chi connectivity index (χ1n) is 7.80. The molecule has 1 aliphatic rings. The van der Waals surface area contributed by atoms with Crippen molar-refractivity contribution < 1.29 is 9.90 Å². The molecule has 3 heteroatoms. The number of benzene rings is 2. The summed E-state index contributed by atoms with van der Waals surface area (Å²) in [6, 6.07) is 20.0. The highest BCUT2D eigenvalue weighted by molar-refractivity contribution is 5.74. The molecule has 0 spiro atoms. The summed E-state index contributed by atoms with van der Waals surface area (Å²) in [5.41, 5.74) is 2.41. The zero-order valence-electron chi connectivity index (χ0n) is 12.5. The molecule has 2 N–H and O–H groups in total. The summed E-state index contributed by atoms with van der Waals surface area (Å²) in [7, 11) is 0. The Bertz CT molecular complexity index is 606. The van der Waals surface area contributed by atoms with Crippen molar-refractivity contribution in [2.45, 2.75) is 37.3 Å². The molecule has 3 rings (SSSR count). The van der Waals surface area contributed by atoms with E-state index in [9.17, 15) is 9.90 Å². The van der Waals surface area contributed by atoms with Crippen LogP contribution in [0, 0.1) is 0 Å². The average molecular weight is 295 g/mol. The maximum atomic E-state index is 11.5. The van der Waals surface area contributed by atoms with Gasteiger partial charge in [-0.3, -0.25) is 4.79 Å². The van der Waals surface area contributed by atoms with Gasteiger partial charge in [0.05, 0.1) is 0 Å². The zero-order chi connectivity index (χ0) is 15.4. The summed E-state index contributed by atoms with van der Waals surface area (Å²) in [5.74, 6) is -0.211. The van der Waals surface area contributed by atoms with Gasteiger partial charge in [0.2, 0.25) is 0 Å². The predicted octanol–water partition coefficient (Wildman–Crippen LogP) is 3.22. The van der Waals surface area contributed by atoms with E-state index in [1.54, 1.807) is 0 Å². The van der Waals surface area contributed by atoms with E-state index in [0.717, 1.165) is 18.4 Å². The van der Waals surface area contributed by atoms with Gasteiger partial charge in [-0.25, -0.2) is 0 Å². The highest BCUT2D eigenvalue weighted by Crippen LogP contribution is 2.36. The molecule has 0 amide bonds. The minimum absolute atomic E-state index is 0.301. The van der Waals surface area contributed by atoms with E-state index in [4.69, 9.17) is 0 Å². The van der Waals surface area contributed by atoms with Crippen molar-refractivity contribution in [3.63, 3.8) is 0 Å². The Morgan fingerprint density at radius 2 is 1.64 bits per heavy atom. The molecule has 1 atom stereocenters. The molecule has 0 saturated heterocycles. The van der Waals surface area contributed by atoms with Gasteiger partial charge in [0.15, 0.2) is 0 Å². The molecule has 114 valence electrons. The Morgan fingerprint density at radius 3 is 2.23 bits per heavy atom. The molecule has 2 aromatic carbocycles. The highest BCUT2D eigenvalue weighted by Gasteiger charge is 2.33. The van der Waals surface area contributed by atoms with Gasteiger partial charge in [-0.1, -0.05) is 60.7 Å². The van der Waals surface area contributed by atoms with Crippen molar-refractivity contribution in [1.29, 1.82) is 0 Å². The molecule has 2 aromatic rings. The number of nitrogens with one attached hydrogen (secondary N) is 1. The molecule has 0 radical (unpaired) electrons. The molecule has 1 fully saturated rings. The van der Waals surface area contributed by atoms with Gasteiger partial charge in [0, 0.05) is 6.04 Å². The van der Waals surface area contributed by atoms with Gasteiger partial charge < -0.3 is 10.4 Å². The lowest BCUT2D eigenvalue weighted by molar-refractivity contribution is -0.139. The van der Waals surface area contributed by atoms with E-state index in [1.807, 2.05) is 36.4 Å². The molecule has 0 bridgehead atoms. The van der Waals surface area contributed by atoms with Crippen molar-refractivity contribution in [3.05, 3.63) is 71.8 Å². The van der Waals surface area contributed by atoms with Crippen molar-refractivity contribution in [3.8, 4) is 0 Å². The molecule has 0 unspecified atom stereocenters. The fourth-order valence-corrected chi connectivity index (χ4v) is 3.10. The monoisotopic (exact) mass is 295 g/mol. The van der Waals surface area contributed by atoms with E-state index in [2.05, 4.69) is 29.6 Å². The Kier molecular flexibility index (Phi) is 4.54. The first-order valence-corrected chi connectivity index (χ1v) is 7.80. The number of carboxylic acid groups (broad SMARTS) is 1. The van der Waals surface area contributed by atoms with Gasteiger partial charge in [0.25, 0.3) is 0 Å². The first kappa shape index (κ1) is 14.8. The first-order chi connectivity index (χ1) is 10.7. The predicted molar refractivity (Wildman–Crippen MR) is 86.9 cm³/mol. The number of aliphatic carboxylic acids is 1. The summed E-state index contributed by atoms with van der Waals surface area (Å²) in [6.45, 7) is 0. The third-order valence-electron chi connectivity index (χ3n) is 4.43. The normalized spacial score (nSPS) is 21.8. The minimum atomic E-state index is -0.771. The van der Waals surface area contributed by atoms with Crippen LogP contribution in [0.25, 0.3) is 0 Å². The Balaban J connectivity index is 1.54. The maximum Gasteiger partial charge on any atom is 0.321 e. The smallest absolute Gasteiger partial charge is 0.321 e. The summed E-state index contributed by atoms with van der Waals surface area (Å²) in [5, 5.41) is 12.7. The zero-order valence-corrected chi connectivity index (χ0v) is 12.5. The number of carbonyl (C=O) groups is 1. The largest absolute Gasteiger partial charge is 0.480 e. The van der Waals surface area contributed by atoms with Crippen molar-refractivity contribution in [2.24, 2.45) is 0 Å². The lowest BCUT2D eigenvalue weighted by Crippen LogP contribution is -2.49. The Morgan fingerprint density at radius 1 is 1.05 bits per heavy atom. The Hall–Kier alpha value is -2.13. The standard InChI is InChI=1S/C19H21NO2/c21-19(22)18(11-14-7-3-1-4-8-14)20-17-12-16(13-17)15-9-5-2-6-10-15/h1-10,16-18,20H,11-13H2,(H,21,22)/t16?,17?,18-/m1/s1. The minimum Gasteiger partial charge on any atom is -0.480 e. The van der Waals surface area contributed by atoms with Crippen molar-refractivity contribution in [1.82, 2.24) is 5.32 Å². The van der Waals surface area contributed by atoms with E-state index in [0.29, 0.717) is 18.4 Å². The molecule has 0 heterocycles. The second-order valence-corrected chi connectivity index (χ2v) is 6.02. The van der Waals surface area contributed by atoms with Gasteiger partial charge in [-0.15, -0.1) is 0 Å². The lowest BCUT2D eigenvalue weighted by Gasteiger charge is -2.38. The van der Waals surface area contributed by atoms with Crippen LogP contribution in [0.15, 0.2) is 60.7 Å². The molecule has 22 heavy (non-hydrogen) atoms. The molecule has 1 saturated carbocycles. The average Bonchev–Trinajstić information content (AvgIpc) is 2.51. The second-order valence-electron chi connectivity index (χ2n) is 6.02. The second kappa shape index (κ2) is 6.75. The van der Waals surface area contributed by atoms with Gasteiger partial charge >= 0.3 is 5.97 Å². The Labute approximate surface area is 131 Å². The third-order valence-corrected chi connectivity index (χ3v) is 4.43. The van der Waals surface area contributed by atoms with Gasteiger partial charge in [-0.05, 0) is 36.3 Å². The fraction of sp³-hybridized carbons (Fsp3) is 0.316. The molecule has 3 nitrogen and oxygen atoms in total. The van der Waals surface area contributed by atoms with Crippen LogP contribution in [0.5, 0.6) is 0 Å². The van der Waals surface area contributed by atoms with Crippen LogP contribution in [-0.4, -0.2) is 23.2 Å². The number of hydrogen-bond donors (Lipinski definition) is 2. The SMILES string of the molecule is O=C(O)[C@@H](Cc1ccccc1)NC1CC(c2ccccc2)C1. The summed E-state index contributed by atoms with van der Waals surface area (Å²) < 4.78 is 0. The lowest BCUT2D eigenvalue weighted by atomic mass is 9.75. The number of rotatable bonds is 6. The summed E-state index contributed by atoms with van der Waals surface area (Å²) in [4.78, 5) is 11.5. The van der Waals surface area contributed by atoms with E-state index >= 15 is 0 Å². The van der Waals surface area contributed by atoms with Gasteiger partial charge in [0.1, 0.15) is 6.04 Å². The van der Waals surface area contributed by atoms with Crippen molar-refractivity contribution in [2.75, 3.05) is 0 Å². The molecular weight excluding hydrogens is 274 g/mol. The third kappa shape index (κ3) is 3.55. The van der Waals surface area contributed by atoms with Crippen LogP contribution in [0.2, 0.25) is 0 Å².